The summed E-state index contributed by atoms with van der Waals surface area (Å²) in [6.45, 7) is 5.47. The Morgan fingerprint density at radius 1 is 1.18 bits per heavy atom. The quantitative estimate of drug-likeness (QED) is 0.817. The standard InChI is InChI=1S/C18H22ClNO2/c1-13-3-5-15(6-4-13)12-22-18-8-7-17(19)9-16(18)11-20-10-14(2)21/h3-9,14,20-21H,10-12H2,1-2H3. The largest absolute Gasteiger partial charge is 0.489 e. The third-order valence-corrected chi connectivity index (χ3v) is 3.53. The van der Waals surface area contributed by atoms with E-state index in [4.69, 9.17) is 16.3 Å². The predicted octanol–water partition coefficient (Wildman–Crippen LogP) is 3.70. The van der Waals surface area contributed by atoms with Crippen LogP contribution >= 0.6 is 11.6 Å². The molecule has 2 rings (SSSR count). The fourth-order valence-corrected chi connectivity index (χ4v) is 2.28. The molecule has 22 heavy (non-hydrogen) atoms. The molecule has 1 unspecified atom stereocenters. The summed E-state index contributed by atoms with van der Waals surface area (Å²) in [5, 5.41) is 13.2. The van der Waals surface area contributed by atoms with Gasteiger partial charge in [-0.15, -0.1) is 0 Å². The maximum atomic E-state index is 9.31. The highest BCUT2D eigenvalue weighted by molar-refractivity contribution is 6.30. The lowest BCUT2D eigenvalue weighted by atomic mass is 10.1. The summed E-state index contributed by atoms with van der Waals surface area (Å²) in [7, 11) is 0. The second-order valence-corrected chi connectivity index (χ2v) is 5.94. The maximum absolute atomic E-state index is 9.31. The minimum Gasteiger partial charge on any atom is -0.489 e. The van der Waals surface area contributed by atoms with Crippen molar-refractivity contribution in [3.63, 3.8) is 0 Å². The number of hydrogen-bond acceptors (Lipinski definition) is 3. The molecule has 0 bridgehead atoms. The molecule has 0 saturated heterocycles. The summed E-state index contributed by atoms with van der Waals surface area (Å²) in [5.74, 6) is 0.808. The van der Waals surface area contributed by atoms with E-state index in [1.165, 1.54) is 5.56 Å². The normalized spacial score (nSPS) is 12.2. The van der Waals surface area contributed by atoms with Gasteiger partial charge in [-0.05, 0) is 37.6 Å². The Balaban J connectivity index is 2.01. The minimum absolute atomic E-state index is 0.379. The minimum atomic E-state index is -0.379. The van der Waals surface area contributed by atoms with Crippen LogP contribution in [0.15, 0.2) is 42.5 Å². The first-order valence-electron chi connectivity index (χ1n) is 7.40. The van der Waals surface area contributed by atoms with E-state index < -0.39 is 0 Å². The summed E-state index contributed by atoms with van der Waals surface area (Å²) in [4.78, 5) is 0. The number of aliphatic hydroxyl groups is 1. The first kappa shape index (κ1) is 16.8. The van der Waals surface area contributed by atoms with Crippen molar-refractivity contribution in [2.45, 2.75) is 33.1 Å². The van der Waals surface area contributed by atoms with Crippen LogP contribution in [0.2, 0.25) is 5.02 Å². The number of aliphatic hydroxyl groups excluding tert-OH is 1. The van der Waals surface area contributed by atoms with E-state index in [0.29, 0.717) is 24.7 Å². The van der Waals surface area contributed by atoms with Crippen LogP contribution in [0.4, 0.5) is 0 Å². The van der Waals surface area contributed by atoms with Crippen LogP contribution in [0.1, 0.15) is 23.6 Å². The zero-order chi connectivity index (χ0) is 15.9. The van der Waals surface area contributed by atoms with Crippen LogP contribution in [-0.2, 0) is 13.2 Å². The highest BCUT2D eigenvalue weighted by Gasteiger charge is 2.06. The zero-order valence-corrected chi connectivity index (χ0v) is 13.7. The van der Waals surface area contributed by atoms with E-state index in [0.717, 1.165) is 16.9 Å². The number of hydrogen-bond donors (Lipinski definition) is 2. The highest BCUT2D eigenvalue weighted by atomic mass is 35.5. The van der Waals surface area contributed by atoms with Gasteiger partial charge >= 0.3 is 0 Å². The molecular formula is C18H22ClNO2. The summed E-state index contributed by atoms with van der Waals surface area (Å²) in [6, 6.07) is 13.9. The molecule has 118 valence electrons. The Morgan fingerprint density at radius 3 is 2.59 bits per heavy atom. The van der Waals surface area contributed by atoms with Crippen LogP contribution in [-0.4, -0.2) is 17.8 Å². The first-order chi connectivity index (χ1) is 10.5. The Labute approximate surface area is 136 Å². The molecule has 0 amide bonds. The summed E-state index contributed by atoms with van der Waals surface area (Å²) >= 11 is 6.06. The fourth-order valence-electron chi connectivity index (χ4n) is 2.09. The van der Waals surface area contributed by atoms with Gasteiger partial charge in [-0.1, -0.05) is 41.4 Å². The second-order valence-electron chi connectivity index (χ2n) is 5.51. The Bertz CT molecular complexity index is 597. The number of nitrogens with one attached hydrogen (secondary N) is 1. The molecule has 2 aromatic rings. The van der Waals surface area contributed by atoms with Gasteiger partial charge in [-0.3, -0.25) is 0 Å². The van der Waals surface area contributed by atoms with Gasteiger partial charge in [0.15, 0.2) is 0 Å². The number of ether oxygens (including phenoxy) is 1. The van der Waals surface area contributed by atoms with Crippen molar-refractivity contribution in [3.8, 4) is 5.75 Å². The van der Waals surface area contributed by atoms with Crippen LogP contribution in [0.5, 0.6) is 5.75 Å². The lowest BCUT2D eigenvalue weighted by Gasteiger charge is -2.13. The summed E-state index contributed by atoms with van der Waals surface area (Å²) < 4.78 is 5.91. The number of benzene rings is 2. The van der Waals surface area contributed by atoms with Crippen LogP contribution in [0.3, 0.4) is 0 Å². The summed E-state index contributed by atoms with van der Waals surface area (Å²) in [6.07, 6.45) is -0.379. The van der Waals surface area contributed by atoms with Gasteiger partial charge in [-0.25, -0.2) is 0 Å². The number of rotatable bonds is 7. The van der Waals surface area contributed by atoms with E-state index in [-0.39, 0.29) is 6.10 Å². The van der Waals surface area contributed by atoms with E-state index in [2.05, 4.69) is 36.5 Å². The van der Waals surface area contributed by atoms with E-state index >= 15 is 0 Å². The van der Waals surface area contributed by atoms with Crippen LogP contribution < -0.4 is 10.1 Å². The molecule has 0 fully saturated rings. The van der Waals surface area contributed by atoms with Crippen LogP contribution in [0.25, 0.3) is 0 Å². The van der Waals surface area contributed by atoms with Crippen molar-refractivity contribution in [1.29, 1.82) is 0 Å². The van der Waals surface area contributed by atoms with Crippen molar-refractivity contribution in [2.24, 2.45) is 0 Å². The van der Waals surface area contributed by atoms with Crippen molar-refractivity contribution in [1.82, 2.24) is 5.32 Å². The van der Waals surface area contributed by atoms with E-state index in [1.54, 1.807) is 6.92 Å². The fraction of sp³-hybridized carbons (Fsp3) is 0.333. The van der Waals surface area contributed by atoms with Gasteiger partial charge in [-0.2, -0.15) is 0 Å². The average molecular weight is 320 g/mol. The molecule has 2 N–H and O–H groups in total. The van der Waals surface area contributed by atoms with Crippen molar-refractivity contribution in [3.05, 3.63) is 64.2 Å². The van der Waals surface area contributed by atoms with Crippen molar-refractivity contribution < 1.29 is 9.84 Å². The third kappa shape index (κ3) is 5.34. The molecule has 0 aliphatic rings. The molecule has 0 spiro atoms. The Kier molecular flexibility index (Phi) is 6.25. The number of aryl methyl sites for hydroxylation is 1. The van der Waals surface area contributed by atoms with Gasteiger partial charge in [0.25, 0.3) is 0 Å². The smallest absolute Gasteiger partial charge is 0.124 e. The molecular weight excluding hydrogens is 298 g/mol. The van der Waals surface area contributed by atoms with Gasteiger partial charge in [0.05, 0.1) is 6.10 Å². The maximum Gasteiger partial charge on any atom is 0.124 e. The topological polar surface area (TPSA) is 41.5 Å². The van der Waals surface area contributed by atoms with Crippen molar-refractivity contribution in [2.75, 3.05) is 6.54 Å². The lowest BCUT2D eigenvalue weighted by Crippen LogP contribution is -2.24. The zero-order valence-electron chi connectivity index (χ0n) is 13.0. The van der Waals surface area contributed by atoms with Gasteiger partial charge in [0.2, 0.25) is 0 Å². The molecule has 0 heterocycles. The molecule has 0 radical (unpaired) electrons. The summed E-state index contributed by atoms with van der Waals surface area (Å²) in [5.41, 5.74) is 3.35. The average Bonchev–Trinajstić information content (AvgIpc) is 2.48. The predicted molar refractivity (Wildman–Crippen MR) is 90.4 cm³/mol. The van der Waals surface area contributed by atoms with Crippen molar-refractivity contribution >= 4 is 11.6 Å². The molecule has 0 saturated carbocycles. The van der Waals surface area contributed by atoms with E-state index in [9.17, 15) is 5.11 Å². The molecule has 0 aliphatic heterocycles. The number of halogens is 1. The lowest BCUT2D eigenvalue weighted by molar-refractivity contribution is 0.190. The first-order valence-corrected chi connectivity index (χ1v) is 7.78. The molecule has 0 aliphatic carbocycles. The molecule has 0 aromatic heterocycles. The van der Waals surface area contributed by atoms with Gasteiger partial charge in [0.1, 0.15) is 12.4 Å². The molecule has 3 nitrogen and oxygen atoms in total. The molecule has 4 heteroatoms. The van der Waals surface area contributed by atoms with Crippen LogP contribution in [0, 0.1) is 6.92 Å². The monoisotopic (exact) mass is 319 g/mol. The molecule has 2 aromatic carbocycles. The second kappa shape index (κ2) is 8.18. The third-order valence-electron chi connectivity index (χ3n) is 3.29. The van der Waals surface area contributed by atoms with Gasteiger partial charge < -0.3 is 15.2 Å². The SMILES string of the molecule is Cc1ccc(COc2ccc(Cl)cc2CNCC(C)O)cc1. The Hall–Kier alpha value is -1.55. The highest BCUT2D eigenvalue weighted by Crippen LogP contribution is 2.24. The van der Waals surface area contributed by atoms with Gasteiger partial charge in [0, 0.05) is 23.7 Å². The Morgan fingerprint density at radius 2 is 1.91 bits per heavy atom. The molecule has 1 atom stereocenters. The van der Waals surface area contributed by atoms with E-state index in [1.807, 2.05) is 18.2 Å².